The monoisotopic (exact) mass is 275 g/mol. The van der Waals surface area contributed by atoms with Gasteiger partial charge >= 0.3 is 0 Å². The molecule has 2 aromatic rings. The van der Waals surface area contributed by atoms with Crippen LogP contribution in [0.1, 0.15) is 44.0 Å². The van der Waals surface area contributed by atoms with Crippen molar-refractivity contribution in [1.82, 2.24) is 14.8 Å². The Kier molecular flexibility index (Phi) is 4.91. The number of H-pyrrole nitrogens is 1. The first-order valence-electron chi connectivity index (χ1n) is 6.91. The molecule has 0 saturated carbocycles. The maximum atomic E-state index is 5.30. The summed E-state index contributed by atoms with van der Waals surface area (Å²) in [6.07, 6.45) is 3.15. The molecule has 3 nitrogen and oxygen atoms in total. The molecule has 0 bridgehead atoms. The van der Waals surface area contributed by atoms with Gasteiger partial charge in [-0.15, -0.1) is 0 Å². The average Bonchev–Trinajstić information content (AvgIpc) is 2.78. The van der Waals surface area contributed by atoms with Crippen molar-refractivity contribution in [3.8, 4) is 0 Å². The third-order valence-electron chi connectivity index (χ3n) is 3.47. The van der Waals surface area contributed by atoms with E-state index in [0.717, 1.165) is 36.4 Å². The molecule has 0 aliphatic rings. The number of rotatable bonds is 6. The lowest BCUT2D eigenvalue weighted by Crippen LogP contribution is -2.07. The van der Waals surface area contributed by atoms with Gasteiger partial charge in [-0.1, -0.05) is 44.2 Å². The predicted octanol–water partition coefficient (Wildman–Crippen LogP) is 4.09. The number of aryl methyl sites for hydroxylation is 1. The lowest BCUT2D eigenvalue weighted by molar-refractivity contribution is 0.551. The Balaban J connectivity index is 2.03. The number of nitrogens with one attached hydrogen (secondary N) is 1. The Bertz CT molecular complexity index is 556. The molecule has 1 N–H and O–H groups in total. The number of hydrogen-bond donors (Lipinski definition) is 1. The summed E-state index contributed by atoms with van der Waals surface area (Å²) >= 11 is 5.30. The van der Waals surface area contributed by atoms with Crippen LogP contribution in [0.5, 0.6) is 0 Å². The maximum Gasteiger partial charge on any atom is 0.195 e. The van der Waals surface area contributed by atoms with Gasteiger partial charge in [0.1, 0.15) is 5.82 Å². The molecule has 0 spiro atoms. The minimum Gasteiger partial charge on any atom is -0.304 e. The van der Waals surface area contributed by atoms with Crippen molar-refractivity contribution in [2.75, 3.05) is 0 Å². The minimum absolute atomic E-state index is 0.535. The molecule has 1 aromatic heterocycles. The molecule has 1 unspecified atom stereocenters. The molecule has 0 amide bonds. The fraction of sp³-hybridized carbons (Fsp3) is 0.467. The third-order valence-corrected chi connectivity index (χ3v) is 3.78. The summed E-state index contributed by atoms with van der Waals surface area (Å²) in [7, 11) is 0. The largest absolute Gasteiger partial charge is 0.304 e. The van der Waals surface area contributed by atoms with Crippen LogP contribution in [0.4, 0.5) is 0 Å². The molecular formula is C15H21N3S. The van der Waals surface area contributed by atoms with Gasteiger partial charge in [-0.05, 0) is 36.5 Å². The Morgan fingerprint density at radius 1 is 1.32 bits per heavy atom. The lowest BCUT2D eigenvalue weighted by atomic mass is 9.98. The van der Waals surface area contributed by atoms with Crippen molar-refractivity contribution in [2.24, 2.45) is 0 Å². The van der Waals surface area contributed by atoms with Crippen LogP contribution >= 0.6 is 12.2 Å². The van der Waals surface area contributed by atoms with Gasteiger partial charge in [0.05, 0.1) is 0 Å². The molecule has 0 aliphatic carbocycles. The molecule has 4 heteroatoms. The SMILES string of the molecule is CCCc1n[nH]c(=S)n1CCC(C)c1ccccc1. The van der Waals surface area contributed by atoms with Gasteiger partial charge in [0.15, 0.2) is 4.77 Å². The summed E-state index contributed by atoms with van der Waals surface area (Å²) in [4.78, 5) is 0. The summed E-state index contributed by atoms with van der Waals surface area (Å²) in [5.74, 6) is 1.61. The van der Waals surface area contributed by atoms with E-state index in [2.05, 4.69) is 58.9 Å². The lowest BCUT2D eigenvalue weighted by Gasteiger charge is -2.13. The van der Waals surface area contributed by atoms with Crippen molar-refractivity contribution in [1.29, 1.82) is 0 Å². The average molecular weight is 275 g/mol. The van der Waals surface area contributed by atoms with Crippen molar-refractivity contribution >= 4 is 12.2 Å². The van der Waals surface area contributed by atoms with Crippen LogP contribution in [0.15, 0.2) is 30.3 Å². The highest BCUT2D eigenvalue weighted by molar-refractivity contribution is 7.71. The first kappa shape index (κ1) is 14.0. The highest BCUT2D eigenvalue weighted by atomic mass is 32.1. The molecule has 0 radical (unpaired) electrons. The van der Waals surface area contributed by atoms with Crippen LogP contribution in [-0.2, 0) is 13.0 Å². The second-order valence-electron chi connectivity index (χ2n) is 4.95. The zero-order chi connectivity index (χ0) is 13.7. The van der Waals surface area contributed by atoms with Crippen molar-refractivity contribution < 1.29 is 0 Å². The summed E-state index contributed by atoms with van der Waals surface area (Å²) in [5, 5.41) is 7.20. The fourth-order valence-electron chi connectivity index (χ4n) is 2.27. The van der Waals surface area contributed by atoms with Gasteiger partial charge in [0, 0.05) is 13.0 Å². The van der Waals surface area contributed by atoms with E-state index in [0.29, 0.717) is 5.92 Å². The Labute approximate surface area is 119 Å². The quantitative estimate of drug-likeness (QED) is 0.806. The Morgan fingerprint density at radius 3 is 2.74 bits per heavy atom. The van der Waals surface area contributed by atoms with Crippen LogP contribution in [-0.4, -0.2) is 14.8 Å². The van der Waals surface area contributed by atoms with Crippen molar-refractivity contribution in [2.45, 2.75) is 45.6 Å². The smallest absolute Gasteiger partial charge is 0.195 e. The van der Waals surface area contributed by atoms with Crippen LogP contribution in [0, 0.1) is 4.77 Å². The standard InChI is InChI=1S/C15H21N3S/c1-3-7-14-16-17-15(19)18(14)11-10-12(2)13-8-5-4-6-9-13/h4-6,8-9,12H,3,7,10-11H2,1-2H3,(H,17,19). The summed E-state index contributed by atoms with van der Waals surface area (Å²) in [6, 6.07) is 10.6. The van der Waals surface area contributed by atoms with Gasteiger partial charge in [-0.25, -0.2) is 0 Å². The summed E-state index contributed by atoms with van der Waals surface area (Å²) in [6.45, 7) is 5.36. The molecule has 1 atom stereocenters. The van der Waals surface area contributed by atoms with E-state index in [1.165, 1.54) is 5.56 Å². The summed E-state index contributed by atoms with van der Waals surface area (Å²) < 4.78 is 2.88. The molecular weight excluding hydrogens is 254 g/mol. The van der Waals surface area contributed by atoms with Crippen LogP contribution in [0.25, 0.3) is 0 Å². The first-order valence-corrected chi connectivity index (χ1v) is 7.32. The van der Waals surface area contributed by atoms with Crippen molar-refractivity contribution in [3.05, 3.63) is 46.5 Å². The molecule has 102 valence electrons. The second kappa shape index (κ2) is 6.66. The van der Waals surface area contributed by atoms with E-state index in [4.69, 9.17) is 12.2 Å². The van der Waals surface area contributed by atoms with Gasteiger partial charge in [0.25, 0.3) is 0 Å². The fourth-order valence-corrected chi connectivity index (χ4v) is 2.51. The predicted molar refractivity (Wildman–Crippen MR) is 80.9 cm³/mol. The molecule has 0 fully saturated rings. The second-order valence-corrected chi connectivity index (χ2v) is 5.33. The van der Waals surface area contributed by atoms with Crippen LogP contribution in [0.2, 0.25) is 0 Å². The molecule has 19 heavy (non-hydrogen) atoms. The number of benzene rings is 1. The van der Waals surface area contributed by atoms with Crippen LogP contribution in [0.3, 0.4) is 0 Å². The number of nitrogens with zero attached hydrogens (tertiary/aromatic N) is 2. The van der Waals surface area contributed by atoms with E-state index in [1.807, 2.05) is 0 Å². The van der Waals surface area contributed by atoms with Gasteiger partial charge in [-0.3, -0.25) is 5.10 Å². The Morgan fingerprint density at radius 2 is 2.05 bits per heavy atom. The molecule has 0 aliphatic heterocycles. The zero-order valence-corrected chi connectivity index (χ0v) is 12.4. The van der Waals surface area contributed by atoms with E-state index < -0.39 is 0 Å². The van der Waals surface area contributed by atoms with Gasteiger partial charge < -0.3 is 4.57 Å². The van der Waals surface area contributed by atoms with E-state index in [9.17, 15) is 0 Å². The number of hydrogen-bond acceptors (Lipinski definition) is 2. The van der Waals surface area contributed by atoms with Crippen LogP contribution < -0.4 is 0 Å². The Hall–Kier alpha value is -1.42. The topological polar surface area (TPSA) is 33.6 Å². The van der Waals surface area contributed by atoms with E-state index >= 15 is 0 Å². The summed E-state index contributed by atoms with van der Waals surface area (Å²) in [5.41, 5.74) is 1.38. The highest BCUT2D eigenvalue weighted by Crippen LogP contribution is 2.19. The molecule has 1 heterocycles. The number of aromatic amines is 1. The number of aromatic nitrogens is 3. The van der Waals surface area contributed by atoms with E-state index in [1.54, 1.807) is 0 Å². The van der Waals surface area contributed by atoms with Crippen molar-refractivity contribution in [3.63, 3.8) is 0 Å². The maximum absolute atomic E-state index is 5.30. The minimum atomic E-state index is 0.535. The molecule has 0 saturated heterocycles. The van der Waals surface area contributed by atoms with Gasteiger partial charge in [0.2, 0.25) is 0 Å². The normalized spacial score (nSPS) is 12.5. The molecule has 1 aromatic carbocycles. The zero-order valence-electron chi connectivity index (χ0n) is 11.6. The van der Waals surface area contributed by atoms with Gasteiger partial charge in [-0.2, -0.15) is 5.10 Å². The molecule has 2 rings (SSSR count). The first-order chi connectivity index (χ1) is 9.22. The third kappa shape index (κ3) is 3.53. The highest BCUT2D eigenvalue weighted by Gasteiger charge is 2.09. The van der Waals surface area contributed by atoms with E-state index in [-0.39, 0.29) is 0 Å².